The average molecular weight is 370 g/mol. The minimum atomic E-state index is -0.605. The normalized spacial score (nSPS) is 17.6. The van der Waals surface area contributed by atoms with Crippen LogP contribution in [0.3, 0.4) is 0 Å². The van der Waals surface area contributed by atoms with Crippen molar-refractivity contribution in [1.29, 1.82) is 0 Å². The van der Waals surface area contributed by atoms with Gasteiger partial charge in [-0.05, 0) is 66.2 Å². The molecular formula is C22H30N2O3. The summed E-state index contributed by atoms with van der Waals surface area (Å²) in [5, 5.41) is 4.00. The summed E-state index contributed by atoms with van der Waals surface area (Å²) in [5.74, 6) is 1.14. The lowest BCUT2D eigenvalue weighted by molar-refractivity contribution is -0.112. The number of unbranched alkanes of at least 4 members (excludes halogenated alkanes) is 2. The van der Waals surface area contributed by atoms with E-state index in [0.29, 0.717) is 18.6 Å². The van der Waals surface area contributed by atoms with Crippen LogP contribution in [0.15, 0.2) is 29.4 Å². The molecule has 0 saturated heterocycles. The molecule has 0 heterocycles. The van der Waals surface area contributed by atoms with Gasteiger partial charge in [-0.3, -0.25) is 4.79 Å². The van der Waals surface area contributed by atoms with Crippen LogP contribution in [0.25, 0.3) is 0 Å². The van der Waals surface area contributed by atoms with Crippen molar-refractivity contribution >= 4 is 17.6 Å². The maximum absolute atomic E-state index is 11.9. The van der Waals surface area contributed by atoms with Gasteiger partial charge in [-0.2, -0.15) is 0 Å². The molecule has 1 aromatic rings. The number of primary amides is 1. The molecule has 1 aliphatic carbocycles. The van der Waals surface area contributed by atoms with Gasteiger partial charge in [0.1, 0.15) is 12.5 Å². The minimum Gasteiger partial charge on any atom is -0.395 e. The van der Waals surface area contributed by atoms with Gasteiger partial charge < -0.3 is 10.6 Å². The summed E-state index contributed by atoms with van der Waals surface area (Å²) in [4.78, 5) is 27.3. The largest absolute Gasteiger partial charge is 0.395 e. The second-order valence-electron chi connectivity index (χ2n) is 8.48. The molecular weight excluding hydrogens is 340 g/mol. The molecule has 146 valence electrons. The summed E-state index contributed by atoms with van der Waals surface area (Å²) in [6.07, 6.45) is 5.87. The molecule has 2 rings (SSSR count). The standard InChI is InChI=1S/C22H30N2O3/c1-21(2)11-12-22(3,4)18-15-16(9-10-17(18)21)19(20(23)26)24-27-14-8-6-5-7-13-25/h7,9-10,15H,5-6,8,11-12,14H2,1-4H3,(H2,23,26). The van der Waals surface area contributed by atoms with E-state index in [2.05, 4.69) is 38.9 Å². The highest BCUT2D eigenvalue weighted by Gasteiger charge is 2.37. The molecule has 27 heavy (non-hydrogen) atoms. The molecule has 1 aromatic carbocycles. The summed E-state index contributed by atoms with van der Waals surface area (Å²) in [7, 11) is 0. The Morgan fingerprint density at radius 2 is 1.85 bits per heavy atom. The Bertz CT molecular complexity index is 772. The van der Waals surface area contributed by atoms with Crippen molar-refractivity contribution in [1.82, 2.24) is 0 Å². The van der Waals surface area contributed by atoms with Gasteiger partial charge in [-0.1, -0.05) is 45.0 Å². The Kier molecular flexibility index (Phi) is 6.61. The fourth-order valence-corrected chi connectivity index (χ4v) is 3.56. The van der Waals surface area contributed by atoms with Gasteiger partial charge in [0.05, 0.1) is 0 Å². The van der Waals surface area contributed by atoms with E-state index in [1.807, 2.05) is 12.1 Å². The predicted octanol–water partition coefficient (Wildman–Crippen LogP) is 3.80. The van der Waals surface area contributed by atoms with Gasteiger partial charge in [-0.15, -0.1) is 0 Å². The number of amides is 1. The third-order valence-electron chi connectivity index (χ3n) is 5.43. The molecule has 0 radical (unpaired) electrons. The molecule has 1 aliphatic rings. The van der Waals surface area contributed by atoms with Crippen molar-refractivity contribution in [3.63, 3.8) is 0 Å². The van der Waals surface area contributed by atoms with Crippen molar-refractivity contribution in [2.45, 2.75) is 70.6 Å². The third kappa shape index (κ3) is 5.08. The molecule has 0 bridgehead atoms. The monoisotopic (exact) mass is 370 g/mol. The first kappa shape index (κ1) is 20.9. The first-order valence-electron chi connectivity index (χ1n) is 9.53. The van der Waals surface area contributed by atoms with Crippen LogP contribution >= 0.6 is 0 Å². The number of allylic oxidation sites excluding steroid dienone is 1. The number of fused-ring (bicyclic) bond motifs is 1. The van der Waals surface area contributed by atoms with E-state index in [-0.39, 0.29) is 16.5 Å². The fraction of sp³-hybridized carbons (Fsp3) is 0.545. The lowest BCUT2D eigenvalue weighted by Crippen LogP contribution is -2.34. The second-order valence-corrected chi connectivity index (χ2v) is 8.48. The maximum atomic E-state index is 11.9. The van der Waals surface area contributed by atoms with Gasteiger partial charge >= 0.3 is 0 Å². The highest BCUT2D eigenvalue weighted by Crippen LogP contribution is 2.45. The Labute approximate surface area is 161 Å². The van der Waals surface area contributed by atoms with Crippen LogP contribution < -0.4 is 5.73 Å². The van der Waals surface area contributed by atoms with Crippen LogP contribution in [0.4, 0.5) is 0 Å². The number of carbonyl (C=O) groups excluding carboxylic acids is 2. The topological polar surface area (TPSA) is 81.8 Å². The number of rotatable bonds is 8. The van der Waals surface area contributed by atoms with Crippen LogP contribution in [0, 0.1) is 0 Å². The summed E-state index contributed by atoms with van der Waals surface area (Å²) < 4.78 is 0. The van der Waals surface area contributed by atoms with Crippen LogP contribution in [0.1, 0.15) is 76.5 Å². The summed E-state index contributed by atoms with van der Waals surface area (Å²) >= 11 is 0. The minimum absolute atomic E-state index is 0.0383. The zero-order chi connectivity index (χ0) is 20.1. The number of nitrogens with two attached hydrogens (primary N) is 1. The zero-order valence-corrected chi connectivity index (χ0v) is 16.8. The molecule has 5 nitrogen and oxygen atoms in total. The van der Waals surface area contributed by atoms with E-state index >= 15 is 0 Å². The lowest BCUT2D eigenvalue weighted by Gasteiger charge is -2.42. The third-order valence-corrected chi connectivity index (χ3v) is 5.43. The number of nitrogens with zero attached hydrogens (tertiary/aromatic N) is 1. The van der Waals surface area contributed by atoms with Crippen LogP contribution in [-0.2, 0) is 25.3 Å². The number of benzene rings is 1. The number of hydrogen-bond donors (Lipinski definition) is 1. The van der Waals surface area contributed by atoms with Gasteiger partial charge in [0.25, 0.3) is 5.91 Å². The number of hydrogen-bond acceptors (Lipinski definition) is 4. The highest BCUT2D eigenvalue weighted by molar-refractivity contribution is 6.44. The summed E-state index contributed by atoms with van der Waals surface area (Å²) in [5.41, 5.74) is 9.09. The van der Waals surface area contributed by atoms with Gasteiger partial charge in [0.15, 0.2) is 5.71 Å². The van der Waals surface area contributed by atoms with Crippen molar-refractivity contribution in [2.24, 2.45) is 10.9 Å². The van der Waals surface area contributed by atoms with Crippen LogP contribution in [0.2, 0.25) is 0 Å². The molecule has 5 heteroatoms. The summed E-state index contributed by atoms with van der Waals surface area (Å²) in [6.45, 7) is 9.35. The van der Waals surface area contributed by atoms with Gasteiger partial charge in [0.2, 0.25) is 0 Å². The second kappa shape index (κ2) is 8.53. The van der Waals surface area contributed by atoms with Crippen molar-refractivity contribution in [3.8, 4) is 0 Å². The quantitative estimate of drug-likeness (QED) is 0.327. The van der Waals surface area contributed by atoms with Crippen LogP contribution in [-0.4, -0.2) is 24.2 Å². The molecule has 0 saturated carbocycles. The maximum Gasteiger partial charge on any atom is 0.271 e. The van der Waals surface area contributed by atoms with E-state index in [1.165, 1.54) is 17.2 Å². The smallest absolute Gasteiger partial charge is 0.271 e. The molecule has 2 N–H and O–H groups in total. The molecule has 0 spiro atoms. The van der Waals surface area contributed by atoms with Crippen molar-refractivity contribution in [3.05, 3.63) is 41.0 Å². The van der Waals surface area contributed by atoms with E-state index < -0.39 is 5.91 Å². The Morgan fingerprint density at radius 1 is 1.19 bits per heavy atom. The van der Waals surface area contributed by atoms with E-state index in [9.17, 15) is 9.59 Å². The SMILES string of the molecule is CC1(C)CCC(C)(C)c2cc(C(=NOCCCCC=C=O)C(N)=O)ccc21. The Balaban J connectivity index is 2.22. The zero-order valence-electron chi connectivity index (χ0n) is 16.8. The number of oxime groups is 1. The highest BCUT2D eigenvalue weighted by atomic mass is 16.6. The van der Waals surface area contributed by atoms with Gasteiger partial charge in [0, 0.05) is 5.56 Å². The molecule has 0 atom stereocenters. The van der Waals surface area contributed by atoms with E-state index in [1.54, 1.807) is 5.94 Å². The average Bonchev–Trinajstić information content (AvgIpc) is 2.61. The molecule has 0 fully saturated rings. The first-order chi connectivity index (χ1) is 12.7. The van der Waals surface area contributed by atoms with Crippen LogP contribution in [0.5, 0.6) is 0 Å². The first-order valence-corrected chi connectivity index (χ1v) is 9.53. The Morgan fingerprint density at radius 3 is 2.48 bits per heavy atom. The van der Waals surface area contributed by atoms with Crippen molar-refractivity contribution in [2.75, 3.05) is 6.61 Å². The van der Waals surface area contributed by atoms with Crippen molar-refractivity contribution < 1.29 is 14.4 Å². The van der Waals surface area contributed by atoms with E-state index in [4.69, 9.17) is 10.6 Å². The summed E-state index contributed by atoms with van der Waals surface area (Å²) in [6, 6.07) is 6.04. The van der Waals surface area contributed by atoms with Gasteiger partial charge in [-0.25, -0.2) is 4.79 Å². The molecule has 0 aliphatic heterocycles. The molecule has 0 aromatic heterocycles. The van der Waals surface area contributed by atoms with E-state index in [0.717, 1.165) is 25.7 Å². The molecule has 0 unspecified atom stereocenters. The molecule has 1 amide bonds. The Hall–Kier alpha value is -2.39. The predicted molar refractivity (Wildman–Crippen MR) is 108 cm³/mol. The fourth-order valence-electron chi connectivity index (χ4n) is 3.56. The lowest BCUT2D eigenvalue weighted by atomic mass is 9.63. The number of carbonyl (C=O) groups is 1.